The fourth-order valence-electron chi connectivity index (χ4n) is 2.59. The number of carbonyl (C=O) groups is 1. The first kappa shape index (κ1) is 19.8. The number of aryl methyl sites for hydroxylation is 1. The number of pyridine rings is 1. The molecule has 0 unspecified atom stereocenters. The minimum Gasteiger partial charge on any atom is -0.374 e. The molecule has 2 aromatic rings. The number of carbonyl (C=O) groups excluding carboxylic acids is 1. The first-order valence-electron chi connectivity index (χ1n) is 8.24. The molecule has 25 heavy (non-hydrogen) atoms. The Bertz CT molecular complexity index is 763. The van der Waals surface area contributed by atoms with Gasteiger partial charge in [0.05, 0.1) is 5.02 Å². The monoisotopic (exact) mass is 395 g/mol. The molecule has 1 atom stereocenters. The molecule has 0 saturated heterocycles. The molecule has 0 aliphatic heterocycles. The lowest BCUT2D eigenvalue weighted by Gasteiger charge is -2.15. The zero-order valence-corrected chi connectivity index (χ0v) is 16.6. The molecule has 0 saturated carbocycles. The van der Waals surface area contributed by atoms with E-state index in [1.54, 1.807) is 18.2 Å². The molecular formula is C19H21Cl2N2OS+. The molecule has 0 radical (unpaired) electrons. The second-order valence-corrected chi connectivity index (χ2v) is 6.97. The average Bonchev–Trinajstić information content (AvgIpc) is 2.57. The van der Waals surface area contributed by atoms with E-state index in [1.165, 1.54) is 5.56 Å². The maximum Gasteiger partial charge on any atom is 0.270 e. The number of thiocarbonyl (C=S) groups is 1. The van der Waals surface area contributed by atoms with Crippen molar-refractivity contribution in [3.05, 3.63) is 63.9 Å². The maximum atomic E-state index is 13.1. The highest BCUT2D eigenvalue weighted by molar-refractivity contribution is 7.80. The van der Waals surface area contributed by atoms with Crippen molar-refractivity contribution in [1.29, 1.82) is 0 Å². The van der Waals surface area contributed by atoms with Crippen LogP contribution in [-0.4, -0.2) is 17.3 Å². The molecule has 0 aliphatic rings. The maximum absolute atomic E-state index is 13.1. The van der Waals surface area contributed by atoms with Crippen molar-refractivity contribution >= 4 is 46.2 Å². The highest BCUT2D eigenvalue weighted by atomic mass is 35.5. The molecule has 1 heterocycles. The van der Waals surface area contributed by atoms with Crippen LogP contribution in [0, 0.1) is 0 Å². The van der Waals surface area contributed by atoms with Crippen LogP contribution in [0.5, 0.6) is 0 Å². The highest BCUT2D eigenvalue weighted by Crippen LogP contribution is 2.24. The predicted octanol–water partition coefficient (Wildman–Crippen LogP) is 4.59. The number of ketones is 1. The van der Waals surface area contributed by atoms with Crippen molar-refractivity contribution in [2.75, 3.05) is 6.54 Å². The fraction of sp³-hybridized carbons (Fsp3) is 0.316. The summed E-state index contributed by atoms with van der Waals surface area (Å²) in [7, 11) is 0. The summed E-state index contributed by atoms with van der Waals surface area (Å²) in [6.07, 6.45) is 5.85. The number of halogens is 2. The van der Waals surface area contributed by atoms with Gasteiger partial charge in [-0.2, -0.15) is 4.57 Å². The van der Waals surface area contributed by atoms with E-state index in [-0.39, 0.29) is 5.78 Å². The van der Waals surface area contributed by atoms with Crippen molar-refractivity contribution < 1.29 is 9.36 Å². The summed E-state index contributed by atoms with van der Waals surface area (Å²) in [5, 5.41) is 3.90. The summed E-state index contributed by atoms with van der Waals surface area (Å²) >= 11 is 17.6. The van der Waals surface area contributed by atoms with Gasteiger partial charge in [-0.3, -0.25) is 4.79 Å². The van der Waals surface area contributed by atoms with E-state index in [1.807, 2.05) is 36.0 Å². The van der Waals surface area contributed by atoms with Crippen LogP contribution in [-0.2, 0) is 6.42 Å². The van der Waals surface area contributed by atoms with E-state index in [0.29, 0.717) is 27.1 Å². The van der Waals surface area contributed by atoms with Crippen LogP contribution in [0.2, 0.25) is 10.0 Å². The Labute approximate surface area is 164 Å². The molecular weight excluding hydrogens is 375 g/mol. The average molecular weight is 396 g/mol. The van der Waals surface area contributed by atoms with Gasteiger partial charge in [0.25, 0.3) is 6.04 Å². The minimum absolute atomic E-state index is 0.166. The molecule has 1 aromatic heterocycles. The van der Waals surface area contributed by atoms with Gasteiger partial charge >= 0.3 is 0 Å². The summed E-state index contributed by atoms with van der Waals surface area (Å²) in [6.45, 7) is 4.72. The first-order valence-corrected chi connectivity index (χ1v) is 9.41. The van der Waals surface area contributed by atoms with Crippen molar-refractivity contribution in [3.8, 4) is 0 Å². The highest BCUT2D eigenvalue weighted by Gasteiger charge is 2.34. The Balaban J connectivity index is 2.41. The van der Waals surface area contributed by atoms with Gasteiger partial charge in [0, 0.05) is 29.3 Å². The number of hydrogen-bond acceptors (Lipinski definition) is 2. The van der Waals surface area contributed by atoms with Crippen LogP contribution in [0.3, 0.4) is 0 Å². The Kier molecular flexibility index (Phi) is 7.36. The molecule has 0 amide bonds. The van der Waals surface area contributed by atoms with Gasteiger partial charge in [-0.1, -0.05) is 48.8 Å². The molecule has 0 fully saturated rings. The first-order chi connectivity index (χ1) is 12.0. The van der Waals surface area contributed by atoms with Gasteiger partial charge in [-0.15, -0.1) is 0 Å². The van der Waals surface area contributed by atoms with Gasteiger partial charge in [0.15, 0.2) is 17.4 Å². The van der Waals surface area contributed by atoms with Crippen LogP contribution >= 0.6 is 35.4 Å². The van der Waals surface area contributed by atoms with E-state index >= 15 is 0 Å². The molecule has 3 nitrogen and oxygen atoms in total. The number of nitrogens with zero attached hydrogens (tertiary/aromatic N) is 1. The van der Waals surface area contributed by atoms with Gasteiger partial charge < -0.3 is 5.32 Å². The Hall–Kier alpha value is -1.49. The molecule has 2 rings (SSSR count). The third-order valence-corrected chi connectivity index (χ3v) is 4.72. The number of likely N-dealkylation sites (N-methyl/N-ethyl adjacent to an activating group) is 1. The van der Waals surface area contributed by atoms with Gasteiger partial charge in [0.1, 0.15) is 0 Å². The largest absolute Gasteiger partial charge is 0.374 e. The van der Waals surface area contributed by atoms with E-state index in [0.717, 1.165) is 12.8 Å². The van der Waals surface area contributed by atoms with E-state index < -0.39 is 6.04 Å². The van der Waals surface area contributed by atoms with Crippen molar-refractivity contribution in [3.63, 3.8) is 0 Å². The Morgan fingerprint density at radius 2 is 1.88 bits per heavy atom. The molecule has 1 N–H and O–H groups in total. The third-order valence-electron chi connectivity index (χ3n) is 3.80. The molecule has 6 heteroatoms. The molecule has 0 spiro atoms. The summed E-state index contributed by atoms with van der Waals surface area (Å²) < 4.78 is 1.82. The molecule has 0 bridgehead atoms. The number of hydrogen-bond donors (Lipinski definition) is 1. The normalized spacial score (nSPS) is 11.8. The van der Waals surface area contributed by atoms with Crippen LogP contribution < -0.4 is 9.88 Å². The van der Waals surface area contributed by atoms with Crippen molar-refractivity contribution in [2.24, 2.45) is 0 Å². The van der Waals surface area contributed by atoms with E-state index in [2.05, 4.69) is 12.2 Å². The second kappa shape index (κ2) is 9.27. The van der Waals surface area contributed by atoms with Crippen LogP contribution in [0.15, 0.2) is 42.7 Å². The number of rotatable bonds is 7. The number of aromatic nitrogens is 1. The Morgan fingerprint density at radius 1 is 1.20 bits per heavy atom. The topological polar surface area (TPSA) is 33.0 Å². The van der Waals surface area contributed by atoms with E-state index in [9.17, 15) is 4.79 Å². The quantitative estimate of drug-likeness (QED) is 0.422. The summed E-state index contributed by atoms with van der Waals surface area (Å²) in [6, 6.07) is 8.25. The zero-order chi connectivity index (χ0) is 18.4. The molecule has 0 aliphatic carbocycles. The van der Waals surface area contributed by atoms with Crippen LogP contribution in [0.4, 0.5) is 0 Å². The zero-order valence-electron chi connectivity index (χ0n) is 14.3. The second-order valence-electron chi connectivity index (χ2n) is 5.69. The standard InChI is InChI=1S/C19H20Cl2N2OS/c1-3-5-13-8-10-23(11-9-13)17(19(25)22-4-2)18(24)15-7-6-14(20)12-16(15)21/h6-12,17H,3-5H2,1-2H3/p+1/t17-/m0/s1. The SMILES string of the molecule is CCCc1cc[n+]([C@@H](C(=O)c2ccc(Cl)cc2Cl)C(=S)NCC)cc1. The van der Waals surface area contributed by atoms with Crippen molar-refractivity contribution in [2.45, 2.75) is 32.7 Å². The van der Waals surface area contributed by atoms with E-state index in [4.69, 9.17) is 35.4 Å². The van der Waals surface area contributed by atoms with Crippen molar-refractivity contribution in [1.82, 2.24) is 5.32 Å². The third kappa shape index (κ3) is 5.00. The van der Waals surface area contributed by atoms with Gasteiger partial charge in [-0.05, 0) is 37.1 Å². The number of benzene rings is 1. The smallest absolute Gasteiger partial charge is 0.270 e. The van der Waals surface area contributed by atoms with Crippen LogP contribution in [0.1, 0.15) is 42.2 Å². The lowest BCUT2D eigenvalue weighted by atomic mass is 10.0. The summed E-state index contributed by atoms with van der Waals surface area (Å²) in [4.78, 5) is 13.6. The molecule has 1 aromatic carbocycles. The predicted molar refractivity (Wildman–Crippen MR) is 107 cm³/mol. The fourth-order valence-corrected chi connectivity index (χ4v) is 3.47. The summed E-state index contributed by atoms with van der Waals surface area (Å²) in [5.74, 6) is -0.166. The summed E-state index contributed by atoms with van der Waals surface area (Å²) in [5.41, 5.74) is 1.63. The number of Topliss-reactive ketones (excluding diaryl/α,β-unsaturated/α-hetero) is 1. The lowest BCUT2D eigenvalue weighted by molar-refractivity contribution is -0.692. The molecule has 132 valence electrons. The minimum atomic E-state index is -0.649. The Morgan fingerprint density at radius 3 is 2.44 bits per heavy atom. The lowest BCUT2D eigenvalue weighted by Crippen LogP contribution is -2.51. The van der Waals surface area contributed by atoms with Gasteiger partial charge in [-0.25, -0.2) is 0 Å². The van der Waals surface area contributed by atoms with Gasteiger partial charge in [0.2, 0.25) is 5.78 Å². The van der Waals surface area contributed by atoms with Crippen LogP contribution in [0.25, 0.3) is 0 Å². The number of nitrogens with one attached hydrogen (secondary N) is 1.